The van der Waals surface area contributed by atoms with Crippen molar-refractivity contribution in [1.29, 1.82) is 0 Å². The molecule has 0 spiro atoms. The summed E-state index contributed by atoms with van der Waals surface area (Å²) in [5.41, 5.74) is -1.12. The molecule has 0 saturated heterocycles. The Kier molecular flexibility index (Phi) is 4.55. The van der Waals surface area contributed by atoms with Crippen LogP contribution in [0.5, 0.6) is 0 Å². The van der Waals surface area contributed by atoms with E-state index >= 15 is 0 Å². The molecule has 0 aliphatic heterocycles. The number of amides is 1. The van der Waals surface area contributed by atoms with Crippen molar-refractivity contribution in [3.63, 3.8) is 0 Å². The Morgan fingerprint density at radius 1 is 1.04 bits per heavy atom. The summed E-state index contributed by atoms with van der Waals surface area (Å²) in [7, 11) is 0. The zero-order chi connectivity index (χ0) is 18.1. The number of anilines is 1. The number of aromatic amines is 1. The number of alkyl halides is 3. The van der Waals surface area contributed by atoms with E-state index in [0.29, 0.717) is 12.3 Å². The number of halogens is 3. The summed E-state index contributed by atoms with van der Waals surface area (Å²) in [6.07, 6.45) is -4.05. The lowest BCUT2D eigenvalue weighted by atomic mass is 9.87. The lowest BCUT2D eigenvalue weighted by Gasteiger charge is -2.19. The summed E-state index contributed by atoms with van der Waals surface area (Å²) >= 11 is 0. The van der Waals surface area contributed by atoms with Crippen molar-refractivity contribution in [2.75, 3.05) is 5.32 Å². The van der Waals surface area contributed by atoms with Gasteiger partial charge in [0, 0.05) is 11.8 Å². The van der Waals surface area contributed by atoms with Gasteiger partial charge >= 0.3 is 6.18 Å². The minimum absolute atomic E-state index is 0.0901. The van der Waals surface area contributed by atoms with E-state index in [-0.39, 0.29) is 11.0 Å². The van der Waals surface area contributed by atoms with Crippen LogP contribution in [0.1, 0.15) is 42.3 Å². The number of aromatic nitrogens is 1. The molecule has 0 atom stereocenters. The molecule has 0 aliphatic carbocycles. The zero-order valence-corrected chi connectivity index (χ0v) is 13.4. The standard InChI is InChI=1S/C17H17F3N2O2/c1-16(2,3)11-6-4-10(5-7-11)14(23)22-13-8-12(17(18,19)20)9-21-15(13)24/h4-9H,1-3H3,(H,21,24)(H,22,23). The number of pyridine rings is 1. The molecular formula is C17H17F3N2O2. The van der Waals surface area contributed by atoms with Gasteiger partial charge in [0.05, 0.1) is 5.56 Å². The fourth-order valence-corrected chi connectivity index (χ4v) is 2.06. The van der Waals surface area contributed by atoms with Gasteiger partial charge in [0.2, 0.25) is 0 Å². The molecule has 0 radical (unpaired) electrons. The number of nitrogens with one attached hydrogen (secondary N) is 2. The predicted molar refractivity (Wildman–Crippen MR) is 85.2 cm³/mol. The highest BCUT2D eigenvalue weighted by atomic mass is 19.4. The minimum Gasteiger partial charge on any atom is -0.327 e. The Balaban J connectivity index is 2.25. The molecule has 0 bridgehead atoms. The van der Waals surface area contributed by atoms with Crippen molar-refractivity contribution in [2.24, 2.45) is 0 Å². The Morgan fingerprint density at radius 3 is 2.12 bits per heavy atom. The zero-order valence-electron chi connectivity index (χ0n) is 13.4. The molecule has 2 aromatic rings. The normalized spacial score (nSPS) is 12.1. The molecule has 0 fully saturated rings. The summed E-state index contributed by atoms with van der Waals surface area (Å²) in [5, 5.41) is 2.21. The first-order valence-electron chi connectivity index (χ1n) is 7.20. The molecule has 1 amide bonds. The fraction of sp³-hybridized carbons (Fsp3) is 0.294. The Morgan fingerprint density at radius 2 is 1.62 bits per heavy atom. The van der Waals surface area contributed by atoms with E-state index < -0.39 is 28.9 Å². The van der Waals surface area contributed by atoms with Gasteiger partial charge in [0.15, 0.2) is 0 Å². The molecular weight excluding hydrogens is 321 g/mol. The minimum atomic E-state index is -4.61. The number of carbonyl (C=O) groups is 1. The molecule has 2 rings (SSSR count). The Hall–Kier alpha value is -2.57. The maximum absolute atomic E-state index is 12.7. The van der Waals surface area contributed by atoms with Crippen LogP contribution in [0.25, 0.3) is 0 Å². The monoisotopic (exact) mass is 338 g/mol. The molecule has 0 aliphatic rings. The van der Waals surface area contributed by atoms with Crippen molar-refractivity contribution < 1.29 is 18.0 Å². The molecule has 2 N–H and O–H groups in total. The van der Waals surface area contributed by atoms with E-state index in [1.54, 1.807) is 24.3 Å². The van der Waals surface area contributed by atoms with Gasteiger partial charge < -0.3 is 10.3 Å². The van der Waals surface area contributed by atoms with E-state index in [2.05, 4.69) is 5.32 Å². The van der Waals surface area contributed by atoms with Crippen molar-refractivity contribution >= 4 is 11.6 Å². The highest BCUT2D eigenvalue weighted by molar-refractivity contribution is 6.04. The topological polar surface area (TPSA) is 62.0 Å². The Bertz CT molecular complexity index is 800. The van der Waals surface area contributed by atoms with Crippen LogP contribution in [-0.2, 0) is 11.6 Å². The number of hydrogen-bond donors (Lipinski definition) is 2. The third kappa shape index (κ3) is 4.04. The smallest absolute Gasteiger partial charge is 0.327 e. The van der Waals surface area contributed by atoms with Gasteiger partial charge in [0.1, 0.15) is 5.69 Å². The van der Waals surface area contributed by atoms with Crippen LogP contribution < -0.4 is 10.9 Å². The number of carbonyl (C=O) groups excluding carboxylic acids is 1. The van der Waals surface area contributed by atoms with E-state index in [9.17, 15) is 22.8 Å². The van der Waals surface area contributed by atoms with E-state index in [1.807, 2.05) is 25.8 Å². The first kappa shape index (κ1) is 17.8. The fourth-order valence-electron chi connectivity index (χ4n) is 2.06. The molecule has 1 aromatic heterocycles. The summed E-state index contributed by atoms with van der Waals surface area (Å²) in [6, 6.07) is 7.28. The van der Waals surface area contributed by atoms with Crippen molar-refractivity contribution in [1.82, 2.24) is 4.98 Å². The van der Waals surface area contributed by atoms with Gasteiger partial charge in [-0.25, -0.2) is 0 Å². The van der Waals surface area contributed by atoms with Crippen molar-refractivity contribution in [2.45, 2.75) is 32.4 Å². The largest absolute Gasteiger partial charge is 0.417 e. The molecule has 1 aromatic carbocycles. The van der Waals surface area contributed by atoms with Crippen LogP contribution in [0, 0.1) is 0 Å². The van der Waals surface area contributed by atoms with Crippen LogP contribution in [0.2, 0.25) is 0 Å². The predicted octanol–water partition coefficient (Wildman–Crippen LogP) is 3.94. The van der Waals surface area contributed by atoms with Crippen LogP contribution >= 0.6 is 0 Å². The Labute approximate surface area is 136 Å². The lowest BCUT2D eigenvalue weighted by molar-refractivity contribution is -0.137. The molecule has 7 heteroatoms. The molecule has 1 heterocycles. The first-order valence-corrected chi connectivity index (χ1v) is 7.20. The second kappa shape index (κ2) is 6.14. The maximum Gasteiger partial charge on any atom is 0.417 e. The molecule has 24 heavy (non-hydrogen) atoms. The van der Waals surface area contributed by atoms with Crippen LogP contribution in [0.3, 0.4) is 0 Å². The maximum atomic E-state index is 12.7. The number of H-pyrrole nitrogens is 1. The highest BCUT2D eigenvalue weighted by Crippen LogP contribution is 2.29. The van der Waals surface area contributed by atoms with E-state index in [0.717, 1.165) is 5.56 Å². The van der Waals surface area contributed by atoms with Crippen molar-refractivity contribution in [3.8, 4) is 0 Å². The summed E-state index contributed by atoms with van der Waals surface area (Å²) in [6.45, 7) is 6.05. The third-order valence-corrected chi connectivity index (χ3v) is 3.49. The van der Waals surface area contributed by atoms with Gasteiger partial charge in [-0.1, -0.05) is 32.9 Å². The first-order chi connectivity index (χ1) is 11.0. The lowest BCUT2D eigenvalue weighted by Crippen LogP contribution is -2.21. The number of rotatable bonds is 2. The quantitative estimate of drug-likeness (QED) is 0.871. The van der Waals surface area contributed by atoms with Gasteiger partial charge in [-0.2, -0.15) is 13.2 Å². The van der Waals surface area contributed by atoms with Crippen molar-refractivity contribution in [3.05, 3.63) is 63.6 Å². The molecule has 128 valence electrons. The van der Waals surface area contributed by atoms with Gasteiger partial charge in [0.25, 0.3) is 11.5 Å². The van der Waals surface area contributed by atoms with Gasteiger partial charge in [-0.15, -0.1) is 0 Å². The van der Waals surface area contributed by atoms with E-state index in [4.69, 9.17) is 0 Å². The SMILES string of the molecule is CC(C)(C)c1ccc(C(=O)Nc2cc(C(F)(F)F)c[nH]c2=O)cc1. The van der Waals surface area contributed by atoms with E-state index in [1.165, 1.54) is 0 Å². The van der Waals surface area contributed by atoms with Crippen LogP contribution in [-0.4, -0.2) is 10.9 Å². The average Bonchev–Trinajstić information content (AvgIpc) is 2.47. The van der Waals surface area contributed by atoms with Gasteiger partial charge in [-0.05, 0) is 29.2 Å². The summed E-state index contributed by atoms with van der Waals surface area (Å²) in [4.78, 5) is 25.7. The number of hydrogen-bond acceptors (Lipinski definition) is 2. The number of benzene rings is 1. The highest BCUT2D eigenvalue weighted by Gasteiger charge is 2.31. The van der Waals surface area contributed by atoms with Crippen LogP contribution in [0.15, 0.2) is 41.3 Å². The second-order valence-electron chi connectivity index (χ2n) is 6.41. The summed E-state index contributed by atoms with van der Waals surface area (Å²) < 4.78 is 38.0. The molecule has 0 saturated carbocycles. The third-order valence-electron chi connectivity index (χ3n) is 3.49. The average molecular weight is 338 g/mol. The second-order valence-corrected chi connectivity index (χ2v) is 6.41. The van der Waals surface area contributed by atoms with Gasteiger partial charge in [-0.3, -0.25) is 9.59 Å². The molecule has 0 unspecified atom stereocenters. The van der Waals surface area contributed by atoms with Crippen LogP contribution in [0.4, 0.5) is 18.9 Å². The summed E-state index contributed by atoms with van der Waals surface area (Å²) in [5.74, 6) is -0.653. The molecule has 4 nitrogen and oxygen atoms in total.